The largest absolute Gasteiger partial charge is 0.508 e. The SMILES string of the molecule is CCOc1cc(/C(O)=C2/C(=O)C(=O)N(Cc3ccc(F)cc3)C2c2cccc(O)c2)ccc1Cl. The zero-order valence-corrected chi connectivity index (χ0v) is 18.9. The van der Waals surface area contributed by atoms with Crippen LogP contribution in [0.15, 0.2) is 72.3 Å². The van der Waals surface area contributed by atoms with Crippen LogP contribution in [0.5, 0.6) is 11.5 Å². The molecule has 0 bridgehead atoms. The Morgan fingerprint density at radius 3 is 2.50 bits per heavy atom. The third-order valence-corrected chi connectivity index (χ3v) is 5.81. The molecule has 34 heavy (non-hydrogen) atoms. The Labute approximate surface area is 200 Å². The van der Waals surface area contributed by atoms with Crippen LogP contribution in [-0.4, -0.2) is 33.4 Å². The van der Waals surface area contributed by atoms with Crippen molar-refractivity contribution in [2.45, 2.75) is 19.5 Å². The summed E-state index contributed by atoms with van der Waals surface area (Å²) in [4.78, 5) is 27.5. The smallest absolute Gasteiger partial charge is 0.295 e. The van der Waals surface area contributed by atoms with Crippen molar-refractivity contribution in [3.05, 3.63) is 99.8 Å². The molecule has 0 aliphatic carbocycles. The first-order valence-electron chi connectivity index (χ1n) is 10.5. The van der Waals surface area contributed by atoms with Crippen LogP contribution in [0.25, 0.3) is 5.76 Å². The highest BCUT2D eigenvalue weighted by Crippen LogP contribution is 2.41. The molecule has 1 amide bonds. The molecule has 3 aromatic carbocycles. The fourth-order valence-electron chi connectivity index (χ4n) is 3.94. The molecule has 1 saturated heterocycles. The number of nitrogens with zero attached hydrogens (tertiary/aromatic N) is 1. The van der Waals surface area contributed by atoms with Crippen LogP contribution in [0.3, 0.4) is 0 Å². The first kappa shape index (κ1) is 23.3. The van der Waals surface area contributed by atoms with Gasteiger partial charge >= 0.3 is 0 Å². The van der Waals surface area contributed by atoms with Gasteiger partial charge in [0.25, 0.3) is 11.7 Å². The van der Waals surface area contributed by atoms with Gasteiger partial charge in [0.1, 0.15) is 23.1 Å². The van der Waals surface area contributed by atoms with Crippen LogP contribution in [0, 0.1) is 5.82 Å². The molecule has 0 radical (unpaired) electrons. The zero-order valence-electron chi connectivity index (χ0n) is 18.2. The molecule has 1 aliphatic rings. The lowest BCUT2D eigenvalue weighted by Crippen LogP contribution is -2.29. The van der Waals surface area contributed by atoms with E-state index < -0.39 is 29.3 Å². The van der Waals surface area contributed by atoms with Gasteiger partial charge in [-0.15, -0.1) is 0 Å². The number of rotatable bonds is 6. The van der Waals surface area contributed by atoms with E-state index in [9.17, 15) is 24.2 Å². The Balaban J connectivity index is 1.86. The molecule has 1 heterocycles. The van der Waals surface area contributed by atoms with E-state index in [0.29, 0.717) is 28.5 Å². The minimum atomic E-state index is -0.983. The van der Waals surface area contributed by atoms with E-state index in [2.05, 4.69) is 0 Å². The number of likely N-dealkylation sites (tertiary alicyclic amines) is 1. The standard InChI is InChI=1S/C26H21ClFNO5/c1-2-34-21-13-17(8-11-20(21)27)24(31)22-23(16-4-3-5-19(30)12-16)29(26(33)25(22)32)14-15-6-9-18(28)10-7-15/h3-13,23,30-31H,2,14H2,1H3/b24-22-. The van der Waals surface area contributed by atoms with Crippen molar-refractivity contribution in [2.24, 2.45) is 0 Å². The number of carbonyl (C=O) groups is 2. The summed E-state index contributed by atoms with van der Waals surface area (Å²) in [5, 5.41) is 21.6. The van der Waals surface area contributed by atoms with Gasteiger partial charge in [-0.3, -0.25) is 9.59 Å². The molecule has 174 valence electrons. The van der Waals surface area contributed by atoms with Crippen molar-refractivity contribution in [2.75, 3.05) is 6.61 Å². The molecule has 3 aromatic rings. The van der Waals surface area contributed by atoms with E-state index in [0.717, 1.165) is 0 Å². The second-order valence-electron chi connectivity index (χ2n) is 7.73. The number of carbonyl (C=O) groups excluding carboxylic acids is 2. The Morgan fingerprint density at radius 1 is 1.09 bits per heavy atom. The molecular formula is C26H21ClFNO5. The molecule has 6 nitrogen and oxygen atoms in total. The highest BCUT2D eigenvalue weighted by Gasteiger charge is 2.46. The summed E-state index contributed by atoms with van der Waals surface area (Å²) in [6.45, 7) is 2.12. The second-order valence-corrected chi connectivity index (χ2v) is 8.13. The highest BCUT2D eigenvalue weighted by molar-refractivity contribution is 6.46. The quantitative estimate of drug-likeness (QED) is 0.287. The average Bonchev–Trinajstić information content (AvgIpc) is 3.06. The fourth-order valence-corrected chi connectivity index (χ4v) is 4.12. The number of benzene rings is 3. The number of phenols is 1. The minimum Gasteiger partial charge on any atom is -0.508 e. The Kier molecular flexibility index (Phi) is 6.56. The number of halogens is 2. The maximum atomic E-state index is 13.4. The van der Waals surface area contributed by atoms with Crippen LogP contribution in [0.1, 0.15) is 29.7 Å². The Hall–Kier alpha value is -3.84. The zero-order chi connectivity index (χ0) is 24.4. The number of hydrogen-bond donors (Lipinski definition) is 2. The van der Waals surface area contributed by atoms with Crippen molar-refractivity contribution >= 4 is 29.1 Å². The molecule has 2 N–H and O–H groups in total. The lowest BCUT2D eigenvalue weighted by molar-refractivity contribution is -0.140. The van der Waals surface area contributed by atoms with E-state index >= 15 is 0 Å². The number of aliphatic hydroxyl groups is 1. The monoisotopic (exact) mass is 481 g/mol. The van der Waals surface area contributed by atoms with Gasteiger partial charge in [-0.05, 0) is 60.5 Å². The van der Waals surface area contributed by atoms with Gasteiger partial charge < -0.3 is 19.8 Å². The van der Waals surface area contributed by atoms with Gasteiger partial charge in [0.2, 0.25) is 0 Å². The maximum Gasteiger partial charge on any atom is 0.295 e. The number of ketones is 1. The molecule has 4 rings (SSSR count). The van der Waals surface area contributed by atoms with Crippen molar-refractivity contribution in [1.29, 1.82) is 0 Å². The summed E-state index contributed by atoms with van der Waals surface area (Å²) in [6.07, 6.45) is 0. The fraction of sp³-hybridized carbons (Fsp3) is 0.154. The number of phenolic OH excluding ortho intramolecular Hbond substituents is 1. The first-order valence-corrected chi connectivity index (χ1v) is 10.9. The van der Waals surface area contributed by atoms with Crippen molar-refractivity contribution in [3.63, 3.8) is 0 Å². The summed E-state index contributed by atoms with van der Waals surface area (Å²) < 4.78 is 18.9. The molecule has 1 fully saturated rings. The van der Waals surface area contributed by atoms with E-state index in [1.54, 1.807) is 19.1 Å². The molecule has 0 aromatic heterocycles. The van der Waals surface area contributed by atoms with E-state index in [1.807, 2.05) is 0 Å². The molecule has 1 atom stereocenters. The van der Waals surface area contributed by atoms with Crippen LogP contribution < -0.4 is 4.74 Å². The number of aliphatic hydroxyl groups excluding tert-OH is 1. The van der Waals surface area contributed by atoms with Crippen molar-refractivity contribution in [1.82, 2.24) is 4.90 Å². The minimum absolute atomic E-state index is 0.00717. The van der Waals surface area contributed by atoms with E-state index in [4.69, 9.17) is 16.3 Å². The summed E-state index contributed by atoms with van der Waals surface area (Å²) >= 11 is 6.15. The summed E-state index contributed by atoms with van der Waals surface area (Å²) in [6, 6.07) is 15.2. The lowest BCUT2D eigenvalue weighted by atomic mass is 9.95. The third-order valence-electron chi connectivity index (χ3n) is 5.50. The average molecular weight is 482 g/mol. The number of amides is 1. The van der Waals surface area contributed by atoms with Gasteiger partial charge in [-0.2, -0.15) is 0 Å². The molecule has 0 saturated carbocycles. The van der Waals surface area contributed by atoms with E-state index in [1.165, 1.54) is 59.5 Å². The van der Waals surface area contributed by atoms with Crippen LogP contribution in [-0.2, 0) is 16.1 Å². The molecule has 8 heteroatoms. The van der Waals surface area contributed by atoms with Crippen LogP contribution in [0.2, 0.25) is 5.02 Å². The van der Waals surface area contributed by atoms with Crippen LogP contribution >= 0.6 is 11.6 Å². The summed E-state index contributed by atoms with van der Waals surface area (Å²) in [7, 11) is 0. The van der Waals surface area contributed by atoms with Gasteiger partial charge in [-0.25, -0.2) is 4.39 Å². The molecule has 0 spiro atoms. The third kappa shape index (κ3) is 4.47. The van der Waals surface area contributed by atoms with Crippen molar-refractivity contribution in [3.8, 4) is 11.5 Å². The molecular weight excluding hydrogens is 461 g/mol. The number of Topliss-reactive ketones (excluding diaryl/α,β-unsaturated/α-hetero) is 1. The first-order chi connectivity index (χ1) is 16.3. The molecule has 1 aliphatic heterocycles. The van der Waals surface area contributed by atoms with Crippen LogP contribution in [0.4, 0.5) is 4.39 Å². The maximum absolute atomic E-state index is 13.4. The number of hydrogen-bond acceptors (Lipinski definition) is 5. The normalized spacial score (nSPS) is 17.3. The van der Waals surface area contributed by atoms with E-state index in [-0.39, 0.29) is 23.4 Å². The number of ether oxygens (including phenoxy) is 1. The Morgan fingerprint density at radius 2 is 1.82 bits per heavy atom. The summed E-state index contributed by atoms with van der Waals surface area (Å²) in [5.41, 5.74) is 1.14. The lowest BCUT2D eigenvalue weighted by Gasteiger charge is -2.25. The van der Waals surface area contributed by atoms with Crippen molar-refractivity contribution < 1.29 is 28.9 Å². The summed E-state index contributed by atoms with van der Waals surface area (Å²) in [5.74, 6) is -2.26. The van der Waals surface area contributed by atoms with Gasteiger partial charge in [0, 0.05) is 12.1 Å². The molecule has 1 unspecified atom stereocenters. The van der Waals surface area contributed by atoms with Gasteiger partial charge in [-0.1, -0.05) is 35.9 Å². The predicted molar refractivity (Wildman–Crippen MR) is 125 cm³/mol. The highest BCUT2D eigenvalue weighted by atomic mass is 35.5. The second kappa shape index (κ2) is 9.57. The number of aromatic hydroxyl groups is 1. The van der Waals surface area contributed by atoms with Gasteiger partial charge in [0.05, 0.1) is 23.2 Å². The predicted octanol–water partition coefficient (Wildman–Crippen LogP) is 5.21. The topological polar surface area (TPSA) is 87.1 Å². The van der Waals surface area contributed by atoms with Gasteiger partial charge in [0.15, 0.2) is 0 Å². The Bertz CT molecular complexity index is 1290.